The zero-order valence-corrected chi connectivity index (χ0v) is 12.9. The molecule has 0 spiro atoms. The third-order valence-electron chi connectivity index (χ3n) is 2.29. The van der Waals surface area contributed by atoms with E-state index >= 15 is 0 Å². The second-order valence-electron chi connectivity index (χ2n) is 3.56. The molecule has 0 unspecified atom stereocenters. The minimum Gasteiger partial charge on any atom is -0.455 e. The molecule has 0 aliphatic heterocycles. The normalized spacial score (nSPS) is 10.4. The van der Waals surface area contributed by atoms with Crippen LogP contribution in [-0.4, -0.2) is 0 Å². The highest BCUT2D eigenvalue weighted by molar-refractivity contribution is 9.08. The predicted molar refractivity (Wildman–Crippen MR) is 80.6 cm³/mol. The summed E-state index contributed by atoms with van der Waals surface area (Å²) in [6, 6.07) is 10.5. The maximum absolute atomic E-state index is 6.05. The van der Waals surface area contributed by atoms with Crippen LogP contribution in [-0.2, 0) is 5.33 Å². The van der Waals surface area contributed by atoms with E-state index in [0.717, 1.165) is 5.56 Å². The van der Waals surface area contributed by atoms with Crippen LogP contribution in [0.5, 0.6) is 11.5 Å². The molecule has 18 heavy (non-hydrogen) atoms. The van der Waals surface area contributed by atoms with Crippen molar-refractivity contribution in [3.8, 4) is 11.5 Å². The van der Waals surface area contributed by atoms with Gasteiger partial charge in [0.05, 0.1) is 5.02 Å². The van der Waals surface area contributed by atoms with Gasteiger partial charge in [0.2, 0.25) is 0 Å². The van der Waals surface area contributed by atoms with Crippen molar-refractivity contribution in [2.24, 2.45) is 0 Å². The molecule has 94 valence electrons. The molecule has 1 nitrogen and oxygen atoms in total. The van der Waals surface area contributed by atoms with Gasteiger partial charge in [-0.25, -0.2) is 0 Å². The molecule has 0 saturated carbocycles. The average Bonchev–Trinajstić information content (AvgIpc) is 2.34. The van der Waals surface area contributed by atoms with Gasteiger partial charge in [-0.1, -0.05) is 56.8 Å². The third kappa shape index (κ3) is 3.33. The largest absolute Gasteiger partial charge is 0.455 e. The molecule has 5 heteroatoms. The van der Waals surface area contributed by atoms with Gasteiger partial charge in [-0.3, -0.25) is 0 Å². The summed E-state index contributed by atoms with van der Waals surface area (Å²) < 4.78 is 5.76. The van der Waals surface area contributed by atoms with Crippen molar-refractivity contribution < 1.29 is 4.74 Å². The maximum atomic E-state index is 6.05. The van der Waals surface area contributed by atoms with E-state index in [1.807, 2.05) is 12.1 Å². The van der Waals surface area contributed by atoms with E-state index in [-0.39, 0.29) is 0 Å². The van der Waals surface area contributed by atoms with Gasteiger partial charge in [-0.2, -0.15) is 0 Å². The van der Waals surface area contributed by atoms with Crippen molar-refractivity contribution in [1.29, 1.82) is 0 Å². The molecule has 2 rings (SSSR count). The van der Waals surface area contributed by atoms with Crippen LogP contribution in [0, 0.1) is 0 Å². The van der Waals surface area contributed by atoms with Gasteiger partial charge < -0.3 is 4.74 Å². The van der Waals surface area contributed by atoms with Gasteiger partial charge in [0, 0.05) is 27.0 Å². The van der Waals surface area contributed by atoms with E-state index in [9.17, 15) is 0 Å². The van der Waals surface area contributed by atoms with Crippen LogP contribution in [0.4, 0.5) is 0 Å². The van der Waals surface area contributed by atoms with E-state index in [1.54, 1.807) is 24.3 Å². The summed E-state index contributed by atoms with van der Waals surface area (Å²) in [5.74, 6) is 1.16. The number of hydrogen-bond donors (Lipinski definition) is 0. The topological polar surface area (TPSA) is 9.23 Å². The maximum Gasteiger partial charge on any atom is 0.147 e. The Morgan fingerprint density at radius 3 is 2.17 bits per heavy atom. The van der Waals surface area contributed by atoms with E-state index in [2.05, 4.69) is 15.9 Å². The molecule has 0 N–H and O–H groups in total. The van der Waals surface area contributed by atoms with Crippen LogP contribution < -0.4 is 4.74 Å². The average molecular weight is 366 g/mol. The molecule has 0 heterocycles. The first-order valence-corrected chi connectivity index (χ1v) is 7.33. The Labute approximate surface area is 129 Å². The molecule has 0 atom stereocenters. The van der Waals surface area contributed by atoms with Gasteiger partial charge in [-0.05, 0) is 24.3 Å². The number of hydrogen-bond acceptors (Lipinski definition) is 1. The molecule has 0 aliphatic rings. The third-order valence-corrected chi connectivity index (χ3v) is 3.67. The van der Waals surface area contributed by atoms with Crippen LogP contribution in [0.2, 0.25) is 15.1 Å². The summed E-state index contributed by atoms with van der Waals surface area (Å²) in [5.41, 5.74) is 0.982. The standard InChI is InChI=1S/C13H8BrCl3O/c14-7-8-1-2-9(15)5-12(8)18-13-6-10(16)3-4-11(13)17/h1-6H,7H2. The summed E-state index contributed by atoms with van der Waals surface area (Å²) in [6.07, 6.45) is 0. The number of benzene rings is 2. The van der Waals surface area contributed by atoms with E-state index < -0.39 is 0 Å². The Hall–Kier alpha value is -0.410. The molecule has 0 radical (unpaired) electrons. The number of rotatable bonds is 3. The van der Waals surface area contributed by atoms with Crippen molar-refractivity contribution in [3.05, 3.63) is 57.0 Å². The number of ether oxygens (including phenoxy) is 1. The first kappa shape index (κ1) is 14.0. The molecule has 0 fully saturated rings. The smallest absolute Gasteiger partial charge is 0.147 e. The van der Waals surface area contributed by atoms with Crippen LogP contribution in [0.3, 0.4) is 0 Å². The summed E-state index contributed by atoms with van der Waals surface area (Å²) in [6.45, 7) is 0. The van der Waals surface area contributed by atoms with Gasteiger partial charge in [-0.15, -0.1) is 0 Å². The zero-order chi connectivity index (χ0) is 13.1. The lowest BCUT2D eigenvalue weighted by atomic mass is 10.2. The first-order valence-electron chi connectivity index (χ1n) is 5.07. The lowest BCUT2D eigenvalue weighted by Gasteiger charge is -2.11. The minimum atomic E-state index is 0.500. The Balaban J connectivity index is 2.38. The lowest BCUT2D eigenvalue weighted by molar-refractivity contribution is 0.479. The molecule has 0 bridgehead atoms. The quantitative estimate of drug-likeness (QED) is 0.576. The van der Waals surface area contributed by atoms with E-state index in [4.69, 9.17) is 39.5 Å². The highest BCUT2D eigenvalue weighted by Crippen LogP contribution is 2.35. The molecule has 2 aromatic carbocycles. The zero-order valence-electron chi connectivity index (χ0n) is 9.09. The summed E-state index contributed by atoms with van der Waals surface area (Å²) in [4.78, 5) is 0. The Morgan fingerprint density at radius 1 is 0.889 bits per heavy atom. The van der Waals surface area contributed by atoms with Crippen LogP contribution >= 0.6 is 50.7 Å². The fraction of sp³-hybridized carbons (Fsp3) is 0.0769. The molecule has 2 aromatic rings. The van der Waals surface area contributed by atoms with Crippen molar-refractivity contribution in [2.75, 3.05) is 0 Å². The SMILES string of the molecule is Clc1ccc(Cl)c(Oc2cc(Cl)ccc2CBr)c1. The monoisotopic (exact) mass is 364 g/mol. The van der Waals surface area contributed by atoms with Crippen LogP contribution in [0.25, 0.3) is 0 Å². The molecular weight excluding hydrogens is 358 g/mol. The highest BCUT2D eigenvalue weighted by atomic mass is 79.9. The fourth-order valence-corrected chi connectivity index (χ4v) is 2.35. The molecule has 0 saturated heterocycles. The summed E-state index contributed by atoms with van der Waals surface area (Å²) in [5, 5.41) is 2.34. The van der Waals surface area contributed by atoms with Gasteiger partial charge in [0.25, 0.3) is 0 Å². The Kier molecular flexibility index (Phi) is 4.79. The van der Waals surface area contributed by atoms with Crippen molar-refractivity contribution in [1.82, 2.24) is 0 Å². The minimum absolute atomic E-state index is 0.500. The number of alkyl halides is 1. The molecule has 0 aromatic heterocycles. The lowest BCUT2D eigenvalue weighted by Crippen LogP contribution is -1.90. The predicted octanol–water partition coefficient (Wildman–Crippen LogP) is 6.33. The van der Waals surface area contributed by atoms with Crippen molar-refractivity contribution in [2.45, 2.75) is 5.33 Å². The van der Waals surface area contributed by atoms with Gasteiger partial charge in [0.15, 0.2) is 0 Å². The molecule has 0 aliphatic carbocycles. The van der Waals surface area contributed by atoms with Crippen LogP contribution in [0.1, 0.15) is 5.56 Å². The molecule has 0 amide bonds. The Bertz CT molecular complexity index is 572. The van der Waals surface area contributed by atoms with E-state index in [0.29, 0.717) is 31.9 Å². The van der Waals surface area contributed by atoms with Gasteiger partial charge >= 0.3 is 0 Å². The van der Waals surface area contributed by atoms with Crippen LogP contribution in [0.15, 0.2) is 36.4 Å². The van der Waals surface area contributed by atoms with Gasteiger partial charge in [0.1, 0.15) is 11.5 Å². The fourth-order valence-electron chi connectivity index (χ4n) is 1.41. The van der Waals surface area contributed by atoms with Crippen molar-refractivity contribution >= 4 is 50.7 Å². The number of halogens is 4. The highest BCUT2D eigenvalue weighted by Gasteiger charge is 2.08. The second-order valence-corrected chi connectivity index (χ2v) is 5.40. The van der Waals surface area contributed by atoms with Crippen molar-refractivity contribution in [3.63, 3.8) is 0 Å². The Morgan fingerprint density at radius 2 is 1.50 bits per heavy atom. The molecular formula is C13H8BrCl3O. The van der Waals surface area contributed by atoms with E-state index in [1.165, 1.54) is 0 Å². The second kappa shape index (κ2) is 6.16. The first-order chi connectivity index (χ1) is 8.60. The summed E-state index contributed by atoms with van der Waals surface area (Å²) >= 11 is 21.3. The summed E-state index contributed by atoms with van der Waals surface area (Å²) in [7, 11) is 0.